The van der Waals surface area contributed by atoms with Crippen molar-refractivity contribution in [2.75, 3.05) is 13.2 Å². The molecule has 3 rings (SSSR count). The van der Waals surface area contributed by atoms with E-state index in [2.05, 4.69) is 11.2 Å². The van der Waals surface area contributed by atoms with Gasteiger partial charge in [-0.2, -0.15) is 10.4 Å². The van der Waals surface area contributed by atoms with Crippen molar-refractivity contribution in [3.8, 4) is 23.3 Å². The summed E-state index contributed by atoms with van der Waals surface area (Å²) in [5, 5.41) is 13.9. The van der Waals surface area contributed by atoms with Crippen LogP contribution < -0.4 is 9.47 Å². The largest absolute Gasteiger partial charge is 0.494 e. The summed E-state index contributed by atoms with van der Waals surface area (Å²) in [5.74, 6) is 1.00. The Morgan fingerprint density at radius 3 is 2.37 bits per heavy atom. The first-order valence-corrected chi connectivity index (χ1v) is 9.67. The highest BCUT2D eigenvalue weighted by molar-refractivity contribution is 5.69. The first kappa shape index (κ1) is 20.9. The van der Waals surface area contributed by atoms with Crippen LogP contribution in [0.3, 0.4) is 0 Å². The molecule has 0 aliphatic carbocycles. The highest BCUT2D eigenvalue weighted by atomic mass is 16.5. The summed E-state index contributed by atoms with van der Waals surface area (Å²) >= 11 is 0. The first-order valence-electron chi connectivity index (χ1n) is 9.67. The fraction of sp³-hybridized carbons (Fsp3) is 0.261. The lowest BCUT2D eigenvalue weighted by Gasteiger charge is -2.10. The highest BCUT2D eigenvalue weighted by Crippen LogP contribution is 2.20. The highest BCUT2D eigenvalue weighted by Gasteiger charge is 2.18. The summed E-state index contributed by atoms with van der Waals surface area (Å²) in [6, 6.07) is 18.8. The van der Waals surface area contributed by atoms with Gasteiger partial charge in [-0.3, -0.25) is 4.79 Å². The zero-order valence-electron chi connectivity index (χ0n) is 17.0. The minimum Gasteiger partial charge on any atom is -0.494 e. The summed E-state index contributed by atoms with van der Waals surface area (Å²) in [4.78, 5) is 12.2. The van der Waals surface area contributed by atoms with E-state index in [0.717, 1.165) is 11.4 Å². The number of nitriles is 1. The Kier molecular flexibility index (Phi) is 7.06. The maximum atomic E-state index is 12.2. The van der Waals surface area contributed by atoms with Gasteiger partial charge in [-0.1, -0.05) is 18.2 Å². The molecule has 7 heteroatoms. The third-order valence-electron chi connectivity index (χ3n) is 4.35. The Bertz CT molecular complexity index is 1020. The normalized spacial score (nSPS) is 10.3. The maximum Gasteiger partial charge on any atom is 0.309 e. The Balaban J connectivity index is 1.56. The average Bonchev–Trinajstić information content (AvgIpc) is 3.09. The second-order valence-electron chi connectivity index (χ2n) is 6.43. The van der Waals surface area contributed by atoms with Crippen molar-refractivity contribution < 1.29 is 19.0 Å². The van der Waals surface area contributed by atoms with Crippen LogP contribution in [0.25, 0.3) is 5.69 Å². The third-order valence-corrected chi connectivity index (χ3v) is 4.35. The van der Waals surface area contributed by atoms with Gasteiger partial charge in [0, 0.05) is 0 Å². The Hall–Kier alpha value is -3.79. The van der Waals surface area contributed by atoms with E-state index in [4.69, 9.17) is 14.2 Å². The van der Waals surface area contributed by atoms with Crippen LogP contribution in [0.15, 0.2) is 54.6 Å². The summed E-state index contributed by atoms with van der Waals surface area (Å²) in [5.41, 5.74) is 2.34. The molecule has 0 amide bonds. The molecule has 0 N–H and O–H groups in total. The van der Waals surface area contributed by atoms with Crippen LogP contribution in [0.5, 0.6) is 11.5 Å². The molecule has 7 nitrogen and oxygen atoms in total. The number of nitrogens with zero attached hydrogens (tertiary/aromatic N) is 3. The molecule has 0 unspecified atom stereocenters. The molecule has 154 valence electrons. The van der Waals surface area contributed by atoms with Gasteiger partial charge in [0.25, 0.3) is 0 Å². The first-order chi connectivity index (χ1) is 14.6. The third kappa shape index (κ3) is 5.17. The molecular weight excluding hydrogens is 382 g/mol. The lowest BCUT2D eigenvalue weighted by molar-refractivity contribution is -0.145. The van der Waals surface area contributed by atoms with Gasteiger partial charge >= 0.3 is 5.97 Å². The van der Waals surface area contributed by atoms with E-state index < -0.39 is 5.97 Å². The van der Waals surface area contributed by atoms with Crippen molar-refractivity contribution in [1.82, 2.24) is 9.78 Å². The minimum absolute atomic E-state index is 0.0412. The van der Waals surface area contributed by atoms with E-state index >= 15 is 0 Å². The number of benzene rings is 2. The minimum atomic E-state index is -0.414. The summed E-state index contributed by atoms with van der Waals surface area (Å²) in [6.07, 6.45) is 0.0908. The van der Waals surface area contributed by atoms with E-state index in [-0.39, 0.29) is 19.6 Å². The van der Waals surface area contributed by atoms with Crippen LogP contribution >= 0.6 is 0 Å². The van der Waals surface area contributed by atoms with Crippen molar-refractivity contribution in [1.29, 1.82) is 5.26 Å². The Labute approximate surface area is 175 Å². The molecule has 0 aliphatic heterocycles. The molecule has 0 bridgehead atoms. The van der Waals surface area contributed by atoms with Crippen LogP contribution in [-0.4, -0.2) is 29.0 Å². The fourth-order valence-electron chi connectivity index (χ4n) is 2.91. The van der Waals surface area contributed by atoms with Gasteiger partial charge in [-0.05, 0) is 50.2 Å². The van der Waals surface area contributed by atoms with Crippen LogP contribution in [0, 0.1) is 18.3 Å². The van der Waals surface area contributed by atoms with E-state index in [1.165, 1.54) is 0 Å². The van der Waals surface area contributed by atoms with Gasteiger partial charge in [-0.15, -0.1) is 0 Å². The quantitative estimate of drug-likeness (QED) is 0.501. The molecular formula is C23H23N3O4. The molecule has 0 aliphatic rings. The zero-order chi connectivity index (χ0) is 21.3. The molecule has 0 spiro atoms. The predicted molar refractivity (Wildman–Crippen MR) is 111 cm³/mol. The van der Waals surface area contributed by atoms with Crippen molar-refractivity contribution >= 4 is 5.97 Å². The molecule has 1 heterocycles. The second-order valence-corrected chi connectivity index (χ2v) is 6.43. The van der Waals surface area contributed by atoms with E-state index in [1.54, 1.807) is 23.7 Å². The number of aryl methyl sites for hydroxylation is 1. The smallest absolute Gasteiger partial charge is 0.309 e. The number of carbonyl (C=O) groups excluding carboxylic acids is 1. The lowest BCUT2D eigenvalue weighted by Crippen LogP contribution is -2.12. The SMILES string of the molecule is CCOc1ccc(OCCC(=O)OCc2c(C#N)c(C)nn2-c2ccccc2)cc1. The van der Waals surface area contributed by atoms with E-state index in [9.17, 15) is 10.1 Å². The van der Waals surface area contributed by atoms with E-state index in [0.29, 0.717) is 29.3 Å². The molecule has 3 aromatic rings. The molecule has 0 radical (unpaired) electrons. The summed E-state index contributed by atoms with van der Waals surface area (Å²) in [7, 11) is 0. The number of aromatic nitrogens is 2. The number of hydrogen-bond donors (Lipinski definition) is 0. The van der Waals surface area contributed by atoms with Crippen molar-refractivity contribution in [2.45, 2.75) is 26.9 Å². The van der Waals surface area contributed by atoms with Gasteiger partial charge in [0.05, 0.1) is 36.7 Å². The van der Waals surface area contributed by atoms with Gasteiger partial charge < -0.3 is 14.2 Å². The molecule has 0 fully saturated rings. The van der Waals surface area contributed by atoms with Gasteiger partial charge in [0.15, 0.2) is 0 Å². The Morgan fingerprint density at radius 1 is 1.07 bits per heavy atom. The van der Waals surface area contributed by atoms with E-state index in [1.807, 2.05) is 49.4 Å². The number of hydrogen-bond acceptors (Lipinski definition) is 6. The molecule has 30 heavy (non-hydrogen) atoms. The van der Waals surface area contributed by atoms with Gasteiger partial charge in [0.2, 0.25) is 0 Å². The number of ether oxygens (including phenoxy) is 3. The second kappa shape index (κ2) is 10.1. The summed E-state index contributed by atoms with van der Waals surface area (Å²) < 4.78 is 18.0. The van der Waals surface area contributed by atoms with Crippen molar-refractivity contribution in [2.24, 2.45) is 0 Å². The lowest BCUT2D eigenvalue weighted by atomic mass is 10.2. The van der Waals surface area contributed by atoms with Gasteiger partial charge in [0.1, 0.15) is 29.7 Å². The van der Waals surface area contributed by atoms with Crippen LogP contribution in [0.1, 0.15) is 30.3 Å². The average molecular weight is 405 g/mol. The predicted octanol–water partition coefficient (Wildman–Crippen LogP) is 3.96. The van der Waals surface area contributed by atoms with Crippen molar-refractivity contribution in [3.63, 3.8) is 0 Å². The zero-order valence-corrected chi connectivity index (χ0v) is 17.0. The number of esters is 1. The van der Waals surface area contributed by atoms with Crippen LogP contribution in [0.4, 0.5) is 0 Å². The van der Waals surface area contributed by atoms with Gasteiger partial charge in [-0.25, -0.2) is 4.68 Å². The monoisotopic (exact) mass is 405 g/mol. The van der Waals surface area contributed by atoms with Crippen LogP contribution in [-0.2, 0) is 16.1 Å². The Morgan fingerprint density at radius 2 is 1.73 bits per heavy atom. The number of carbonyl (C=O) groups is 1. The maximum absolute atomic E-state index is 12.2. The topological polar surface area (TPSA) is 86.4 Å². The molecule has 2 aromatic carbocycles. The summed E-state index contributed by atoms with van der Waals surface area (Å²) in [6.45, 7) is 4.43. The molecule has 0 saturated carbocycles. The fourth-order valence-corrected chi connectivity index (χ4v) is 2.91. The van der Waals surface area contributed by atoms with Crippen LogP contribution in [0.2, 0.25) is 0 Å². The molecule has 1 aromatic heterocycles. The molecule has 0 saturated heterocycles. The number of para-hydroxylation sites is 1. The van der Waals surface area contributed by atoms with Crippen molar-refractivity contribution in [3.05, 3.63) is 71.5 Å². The standard InChI is InChI=1S/C23H23N3O4/c1-3-28-19-9-11-20(12-10-19)29-14-13-23(27)30-16-22-21(15-24)17(2)25-26(22)18-7-5-4-6-8-18/h4-12H,3,13-14,16H2,1-2H3. The number of rotatable bonds is 9. The molecule has 0 atom stereocenters.